The number of anilines is 1. The highest BCUT2D eigenvalue weighted by molar-refractivity contribution is 7.80. The van der Waals surface area contributed by atoms with Gasteiger partial charge in [-0.3, -0.25) is 43.5 Å². The number of hydrogen-bond acceptors (Lipinski definition) is 16. The quantitative estimate of drug-likeness (QED) is 0.0262. The molecule has 3 rings (SSSR count). The molecule has 0 bridgehead atoms. The molecule has 2 unspecified atom stereocenters. The third-order valence-corrected chi connectivity index (χ3v) is 13.3. The Bertz CT molecular complexity index is 2370. The summed E-state index contributed by atoms with van der Waals surface area (Å²) in [5.74, 6) is -7.34. The fraction of sp³-hybridized carbons (Fsp3) is 0.574. The minimum atomic E-state index is -1.31. The summed E-state index contributed by atoms with van der Waals surface area (Å²) >= 11 is 5.63. The molecule has 0 aromatic heterocycles. The highest BCUT2D eigenvalue weighted by Crippen LogP contribution is 2.18. The zero-order valence-corrected chi connectivity index (χ0v) is 46.6. The number of carbonyl (C=O) groups excluding carboxylic acids is 5. The van der Waals surface area contributed by atoms with Gasteiger partial charge in [-0.15, -0.1) is 0 Å². The van der Waals surface area contributed by atoms with E-state index in [9.17, 15) is 68.4 Å². The minimum absolute atomic E-state index is 0.0377. The van der Waals surface area contributed by atoms with E-state index in [0.717, 1.165) is 31.1 Å². The number of hydrogen-bond donors (Lipinski definition) is 11. The van der Waals surface area contributed by atoms with Crippen molar-refractivity contribution in [1.29, 1.82) is 0 Å². The van der Waals surface area contributed by atoms with E-state index >= 15 is 0 Å². The van der Waals surface area contributed by atoms with Gasteiger partial charge in [0.1, 0.15) is 24.7 Å². The molecule has 4 atom stereocenters. The second-order valence-corrected chi connectivity index (χ2v) is 20.0. The Morgan fingerprint density at radius 1 is 0.568 bits per heavy atom. The molecule has 81 heavy (non-hydrogen) atoms. The summed E-state index contributed by atoms with van der Waals surface area (Å²) in [6.45, 7) is 1.22. The molecule has 11 N–H and O–H groups in total. The Morgan fingerprint density at radius 2 is 1.11 bits per heavy atom. The van der Waals surface area contributed by atoms with Crippen LogP contribution in [0.15, 0.2) is 54.6 Å². The molecule has 26 nitrogen and oxygen atoms in total. The molecule has 2 aromatic rings. The number of urea groups is 1. The van der Waals surface area contributed by atoms with Crippen molar-refractivity contribution in [2.45, 2.75) is 127 Å². The van der Waals surface area contributed by atoms with Gasteiger partial charge in [0, 0.05) is 76.8 Å². The number of methoxy groups -OCH3 is 1. The van der Waals surface area contributed by atoms with Crippen LogP contribution in [0, 0.1) is 0 Å². The molecule has 0 saturated carbocycles. The predicted molar refractivity (Wildman–Crippen MR) is 298 cm³/mol. The van der Waals surface area contributed by atoms with Crippen molar-refractivity contribution < 1.29 is 83.0 Å². The zero-order chi connectivity index (χ0) is 59.5. The summed E-state index contributed by atoms with van der Waals surface area (Å²) in [7, 11) is 1.07. The number of ether oxygens (including phenoxy) is 2. The van der Waals surface area contributed by atoms with Crippen LogP contribution in [-0.4, -0.2) is 202 Å². The van der Waals surface area contributed by atoms with E-state index in [1.54, 1.807) is 26.8 Å². The number of carbonyl (C=O) groups is 10. The van der Waals surface area contributed by atoms with Crippen molar-refractivity contribution in [3.8, 4) is 0 Å². The number of aliphatic carboxylic acids is 5. The zero-order valence-electron chi connectivity index (χ0n) is 45.8. The van der Waals surface area contributed by atoms with Crippen molar-refractivity contribution >= 4 is 82.6 Å². The molecule has 27 heteroatoms. The van der Waals surface area contributed by atoms with E-state index in [-0.39, 0.29) is 88.6 Å². The maximum Gasteiger partial charge on any atom is 0.328 e. The van der Waals surface area contributed by atoms with E-state index in [1.165, 1.54) is 0 Å². The number of nitrogens with zero attached hydrogens (tertiary/aromatic N) is 3. The minimum Gasteiger partial charge on any atom is -0.481 e. The first-order chi connectivity index (χ1) is 38.7. The number of thiocarbonyl (C=S) groups is 1. The lowest BCUT2D eigenvalue weighted by Gasteiger charge is -2.33. The Balaban J connectivity index is 1.40. The first-order valence-corrected chi connectivity index (χ1v) is 27.5. The lowest BCUT2D eigenvalue weighted by atomic mass is 10.0. The lowest BCUT2D eigenvalue weighted by molar-refractivity contribution is -0.147. The van der Waals surface area contributed by atoms with Crippen molar-refractivity contribution in [1.82, 2.24) is 41.3 Å². The lowest BCUT2D eigenvalue weighted by Crippen LogP contribution is -2.51. The first kappa shape index (κ1) is 67.8. The van der Waals surface area contributed by atoms with E-state index in [2.05, 4.69) is 36.6 Å². The molecule has 0 aliphatic carbocycles. The highest BCUT2D eigenvalue weighted by atomic mass is 32.1. The Kier molecular flexibility index (Phi) is 32.0. The average molecular weight is 1160 g/mol. The summed E-state index contributed by atoms with van der Waals surface area (Å²) in [5, 5.41) is 63.8. The Hall–Kier alpha value is -7.49. The number of benzene rings is 2. The van der Waals surface area contributed by atoms with Crippen LogP contribution in [0.4, 0.5) is 10.5 Å². The van der Waals surface area contributed by atoms with Crippen LogP contribution < -0.4 is 31.9 Å². The molecule has 4 amide bonds. The van der Waals surface area contributed by atoms with Crippen molar-refractivity contribution in [2.75, 3.05) is 77.9 Å². The number of unbranched alkanes of at least 4 members (excludes halogenated alkanes) is 5. The molecule has 1 fully saturated rings. The van der Waals surface area contributed by atoms with Gasteiger partial charge in [-0.2, -0.15) is 0 Å². The van der Waals surface area contributed by atoms with Crippen molar-refractivity contribution in [3.63, 3.8) is 0 Å². The third kappa shape index (κ3) is 30.1. The number of carboxylic acids is 5. The molecule has 1 aliphatic rings. The van der Waals surface area contributed by atoms with Gasteiger partial charge >= 0.3 is 47.8 Å². The van der Waals surface area contributed by atoms with Gasteiger partial charge in [-0.1, -0.05) is 55.3 Å². The van der Waals surface area contributed by atoms with Gasteiger partial charge in [0.2, 0.25) is 11.8 Å². The summed E-state index contributed by atoms with van der Waals surface area (Å²) in [5.41, 5.74) is 2.23. The largest absolute Gasteiger partial charge is 0.481 e. The fourth-order valence-electron chi connectivity index (χ4n) is 8.79. The number of carboxylic acid groups (broad SMARTS) is 5. The number of esters is 2. The van der Waals surface area contributed by atoms with Crippen molar-refractivity contribution in [3.05, 3.63) is 65.7 Å². The van der Waals surface area contributed by atoms with Crippen LogP contribution in [-0.2, 0) is 65.7 Å². The number of rotatable bonds is 37. The maximum absolute atomic E-state index is 13.4. The van der Waals surface area contributed by atoms with E-state index in [0.29, 0.717) is 83.1 Å². The van der Waals surface area contributed by atoms with E-state index in [4.69, 9.17) is 22.1 Å². The number of nitrogens with one attached hydrogen (secondary N) is 6. The Morgan fingerprint density at radius 3 is 1.68 bits per heavy atom. The second kappa shape index (κ2) is 38.2. The molecule has 2 aromatic carbocycles. The van der Waals surface area contributed by atoms with Gasteiger partial charge < -0.3 is 66.9 Å². The van der Waals surface area contributed by atoms with Crippen LogP contribution in [0.1, 0.15) is 101 Å². The molecule has 0 radical (unpaired) electrons. The maximum atomic E-state index is 13.4. The molecular weight excluding hydrogens is 1080 g/mol. The number of amides is 4. The molecular formula is C54H79N9O17S. The van der Waals surface area contributed by atoms with Crippen LogP contribution >= 0.6 is 12.2 Å². The first-order valence-electron chi connectivity index (χ1n) is 27.0. The summed E-state index contributed by atoms with van der Waals surface area (Å²) in [6, 6.07) is 11.7. The standard InChI is InChI=1S/C54H79N9O17S/c1-79-51(76)43(23-24-46(66)67)59-53(78)58-41(50(74)75)15-9-11-25-55-44(64)17-7-2-3-8-18-45(65)56-26-12-10-16-42(52(77)80-36-38-13-5-4-6-14-38)60-54(81)57-39-21-19-37(20-22-39)31-40-32-62(34-48(70)71)28-27-61(33-47(68)69)29-30-63(40)35-49(72)73/h4-6,13-14,19-22,40-43H,2-3,7-12,15-18,23-36H2,1H3,(H,55,64)(H,56,65)(H,66,67)(H,68,69)(H,70,71)(H,72,73)(H,74,75)(H2,57,60,81)(H2,58,59,78)/t40?,41-,42?,43-/m0/s1. The topological polar surface area (TPSA) is 372 Å². The Labute approximate surface area is 476 Å². The van der Waals surface area contributed by atoms with Crippen LogP contribution in [0.2, 0.25) is 0 Å². The van der Waals surface area contributed by atoms with Gasteiger partial charge in [-0.05, 0) is 99.7 Å². The van der Waals surface area contributed by atoms with Gasteiger partial charge in [0.15, 0.2) is 5.11 Å². The van der Waals surface area contributed by atoms with Crippen LogP contribution in [0.5, 0.6) is 0 Å². The molecule has 1 heterocycles. The van der Waals surface area contributed by atoms with Gasteiger partial charge in [-0.25, -0.2) is 19.2 Å². The summed E-state index contributed by atoms with van der Waals surface area (Å²) < 4.78 is 10.2. The van der Waals surface area contributed by atoms with Crippen LogP contribution in [0.25, 0.3) is 0 Å². The molecule has 1 aliphatic heterocycles. The van der Waals surface area contributed by atoms with E-state index < -0.39 is 78.4 Å². The molecule has 0 spiro atoms. The smallest absolute Gasteiger partial charge is 0.328 e. The molecule has 1 saturated heterocycles. The highest BCUT2D eigenvalue weighted by Gasteiger charge is 2.29. The summed E-state index contributed by atoms with van der Waals surface area (Å²) in [6.07, 6.45) is 5.23. The third-order valence-electron chi connectivity index (χ3n) is 13.1. The van der Waals surface area contributed by atoms with Gasteiger partial charge in [0.05, 0.1) is 26.7 Å². The van der Waals surface area contributed by atoms with Crippen LogP contribution in [0.3, 0.4) is 0 Å². The van der Waals surface area contributed by atoms with Crippen molar-refractivity contribution in [2.24, 2.45) is 0 Å². The average Bonchev–Trinajstić information content (AvgIpc) is 3.47. The second-order valence-electron chi connectivity index (χ2n) is 19.6. The SMILES string of the molecule is COC(=O)[C@H](CCC(=O)O)NC(=O)N[C@@H](CCCCNC(=O)CCCCCCC(=O)NCCCCC(NC(=S)Nc1ccc(CC2CN(CC(=O)O)CCN(CC(=O)O)CCN2CC(=O)O)cc1)C(=O)OCc1ccccc1)C(=O)O. The molecule has 448 valence electrons. The van der Waals surface area contributed by atoms with E-state index in [1.807, 2.05) is 42.5 Å². The fourth-order valence-corrected chi connectivity index (χ4v) is 9.05. The summed E-state index contributed by atoms with van der Waals surface area (Å²) in [4.78, 5) is 126. The normalized spacial score (nSPS) is 15.1. The van der Waals surface area contributed by atoms with Gasteiger partial charge in [0.25, 0.3) is 0 Å². The predicted octanol–water partition coefficient (Wildman–Crippen LogP) is 2.24. The monoisotopic (exact) mass is 1160 g/mol.